The number of esters is 1. The summed E-state index contributed by atoms with van der Waals surface area (Å²) in [5.74, 6) is -2.60. The highest BCUT2D eigenvalue weighted by atomic mass is 16.5. The first-order valence-corrected chi connectivity index (χ1v) is 9.11. The Labute approximate surface area is 152 Å². The maximum absolute atomic E-state index is 12.9. The van der Waals surface area contributed by atoms with E-state index in [0.717, 1.165) is 18.4 Å². The number of carbonyl (C=O) groups is 2. The molecule has 4 rings (SSSR count). The molecule has 1 N–H and O–H groups in total. The standard InChI is InChI=1S/C22H22O4/c1-13-18(21(23)24)20(14-7-3-2-4-8-14)19(13)22(25)26-17-11-15-9-5-6-10-16(15)12-17/h2-10,13,17-20H,11-12H2,1H3,(H,23,24)/t13-,18+,19+,20-/m1/s1. The second-order valence-electron chi connectivity index (χ2n) is 7.42. The molecule has 0 saturated heterocycles. The Morgan fingerprint density at radius 2 is 1.50 bits per heavy atom. The zero-order valence-electron chi connectivity index (χ0n) is 14.7. The van der Waals surface area contributed by atoms with E-state index >= 15 is 0 Å². The minimum atomic E-state index is -0.844. The fourth-order valence-corrected chi connectivity index (χ4v) is 4.63. The topological polar surface area (TPSA) is 63.6 Å². The lowest BCUT2D eigenvalue weighted by Crippen LogP contribution is -2.52. The van der Waals surface area contributed by atoms with E-state index in [9.17, 15) is 14.7 Å². The molecular formula is C22H22O4. The van der Waals surface area contributed by atoms with Crippen molar-refractivity contribution in [2.45, 2.75) is 31.8 Å². The van der Waals surface area contributed by atoms with Crippen LogP contribution in [0, 0.1) is 17.8 Å². The Morgan fingerprint density at radius 1 is 0.923 bits per heavy atom. The third kappa shape index (κ3) is 2.79. The highest BCUT2D eigenvalue weighted by Gasteiger charge is 2.56. The Morgan fingerprint density at radius 3 is 2.08 bits per heavy atom. The van der Waals surface area contributed by atoms with Crippen molar-refractivity contribution in [2.24, 2.45) is 17.8 Å². The van der Waals surface area contributed by atoms with Gasteiger partial charge in [0.05, 0.1) is 11.8 Å². The summed E-state index contributed by atoms with van der Waals surface area (Å²) in [6, 6.07) is 17.6. The second-order valence-corrected chi connectivity index (χ2v) is 7.42. The number of benzene rings is 2. The van der Waals surface area contributed by atoms with E-state index in [-0.39, 0.29) is 23.9 Å². The number of ether oxygens (including phenoxy) is 1. The van der Waals surface area contributed by atoms with Gasteiger partial charge < -0.3 is 9.84 Å². The summed E-state index contributed by atoms with van der Waals surface area (Å²) < 4.78 is 5.82. The molecule has 26 heavy (non-hydrogen) atoms. The number of hydrogen-bond acceptors (Lipinski definition) is 3. The van der Waals surface area contributed by atoms with Crippen molar-refractivity contribution in [3.05, 3.63) is 71.3 Å². The number of carbonyl (C=O) groups excluding carboxylic acids is 1. The first kappa shape index (κ1) is 16.8. The van der Waals surface area contributed by atoms with Gasteiger partial charge in [-0.25, -0.2) is 0 Å². The third-order valence-corrected chi connectivity index (χ3v) is 5.94. The first-order chi connectivity index (χ1) is 12.6. The van der Waals surface area contributed by atoms with E-state index in [2.05, 4.69) is 12.1 Å². The van der Waals surface area contributed by atoms with Gasteiger partial charge in [0.25, 0.3) is 0 Å². The van der Waals surface area contributed by atoms with Crippen molar-refractivity contribution in [1.82, 2.24) is 0 Å². The summed E-state index contributed by atoms with van der Waals surface area (Å²) in [6.45, 7) is 1.84. The lowest BCUT2D eigenvalue weighted by atomic mass is 9.55. The van der Waals surface area contributed by atoms with Crippen LogP contribution in [-0.4, -0.2) is 23.1 Å². The lowest BCUT2D eigenvalue weighted by Gasteiger charge is -2.47. The van der Waals surface area contributed by atoms with Gasteiger partial charge in [0.1, 0.15) is 6.10 Å². The molecule has 4 heteroatoms. The van der Waals surface area contributed by atoms with Crippen molar-refractivity contribution in [1.29, 1.82) is 0 Å². The first-order valence-electron chi connectivity index (χ1n) is 9.11. The number of carboxylic acid groups (broad SMARTS) is 1. The normalized spacial score (nSPS) is 27.4. The van der Waals surface area contributed by atoms with E-state index in [1.54, 1.807) is 0 Å². The van der Waals surface area contributed by atoms with Crippen LogP contribution in [0.5, 0.6) is 0 Å². The molecule has 2 aromatic carbocycles. The number of carboxylic acids is 1. The van der Waals surface area contributed by atoms with E-state index in [0.29, 0.717) is 0 Å². The van der Waals surface area contributed by atoms with Crippen LogP contribution in [-0.2, 0) is 27.2 Å². The summed E-state index contributed by atoms with van der Waals surface area (Å²) in [6.07, 6.45) is 1.33. The molecule has 4 nitrogen and oxygen atoms in total. The van der Waals surface area contributed by atoms with Gasteiger partial charge in [-0.2, -0.15) is 0 Å². The van der Waals surface area contributed by atoms with Crippen molar-refractivity contribution in [3.8, 4) is 0 Å². The van der Waals surface area contributed by atoms with E-state index in [1.165, 1.54) is 11.1 Å². The van der Waals surface area contributed by atoms with Crippen LogP contribution in [0.15, 0.2) is 54.6 Å². The summed E-state index contributed by atoms with van der Waals surface area (Å²) in [5, 5.41) is 9.59. The Hall–Kier alpha value is -2.62. The minimum absolute atomic E-state index is 0.146. The molecule has 1 fully saturated rings. The number of hydrogen-bond donors (Lipinski definition) is 1. The molecule has 4 atom stereocenters. The van der Waals surface area contributed by atoms with Gasteiger partial charge in [0, 0.05) is 18.8 Å². The lowest BCUT2D eigenvalue weighted by molar-refractivity contribution is -0.171. The zero-order valence-corrected chi connectivity index (χ0v) is 14.7. The van der Waals surface area contributed by atoms with Crippen LogP contribution in [0.3, 0.4) is 0 Å². The number of fused-ring (bicyclic) bond motifs is 1. The van der Waals surface area contributed by atoms with E-state index < -0.39 is 17.8 Å². The monoisotopic (exact) mass is 350 g/mol. The molecule has 0 aromatic heterocycles. The fourth-order valence-electron chi connectivity index (χ4n) is 4.63. The predicted octanol–water partition coefficient (Wildman–Crippen LogP) is 3.45. The predicted molar refractivity (Wildman–Crippen MR) is 96.7 cm³/mol. The van der Waals surface area contributed by atoms with Crippen LogP contribution in [0.4, 0.5) is 0 Å². The molecule has 134 valence electrons. The van der Waals surface area contributed by atoms with Gasteiger partial charge in [-0.15, -0.1) is 0 Å². The minimum Gasteiger partial charge on any atom is -0.481 e. The smallest absolute Gasteiger partial charge is 0.310 e. The summed E-state index contributed by atoms with van der Waals surface area (Å²) >= 11 is 0. The second kappa shape index (κ2) is 6.60. The Balaban J connectivity index is 1.51. The molecule has 0 amide bonds. The van der Waals surface area contributed by atoms with Gasteiger partial charge in [-0.1, -0.05) is 61.5 Å². The molecule has 2 aliphatic carbocycles. The number of rotatable bonds is 4. The largest absolute Gasteiger partial charge is 0.481 e. The molecule has 0 bridgehead atoms. The van der Waals surface area contributed by atoms with Crippen LogP contribution in [0.2, 0.25) is 0 Å². The molecule has 0 spiro atoms. The van der Waals surface area contributed by atoms with Gasteiger partial charge in [0.15, 0.2) is 0 Å². The zero-order chi connectivity index (χ0) is 18.3. The van der Waals surface area contributed by atoms with Crippen molar-refractivity contribution in [2.75, 3.05) is 0 Å². The Kier molecular flexibility index (Phi) is 4.27. The van der Waals surface area contributed by atoms with Crippen LogP contribution in [0.1, 0.15) is 29.5 Å². The van der Waals surface area contributed by atoms with Gasteiger partial charge in [0.2, 0.25) is 0 Å². The molecule has 0 aliphatic heterocycles. The quantitative estimate of drug-likeness (QED) is 0.858. The maximum atomic E-state index is 12.9. The SMILES string of the molecule is C[C@@H]1[C@H](C(=O)O)[C@@H](c2ccccc2)[C@H]1C(=O)OC1Cc2ccccc2C1. The molecule has 2 aromatic rings. The van der Waals surface area contributed by atoms with Crippen molar-refractivity contribution < 1.29 is 19.4 Å². The maximum Gasteiger partial charge on any atom is 0.310 e. The van der Waals surface area contributed by atoms with Crippen LogP contribution < -0.4 is 0 Å². The molecule has 0 heterocycles. The van der Waals surface area contributed by atoms with Crippen LogP contribution >= 0.6 is 0 Å². The third-order valence-electron chi connectivity index (χ3n) is 5.94. The van der Waals surface area contributed by atoms with Crippen molar-refractivity contribution in [3.63, 3.8) is 0 Å². The molecule has 1 saturated carbocycles. The summed E-state index contributed by atoms with van der Waals surface area (Å²) in [4.78, 5) is 24.6. The summed E-state index contributed by atoms with van der Waals surface area (Å²) in [5.41, 5.74) is 3.36. The van der Waals surface area contributed by atoms with Gasteiger partial charge in [-0.3, -0.25) is 9.59 Å². The average Bonchev–Trinajstić information content (AvgIpc) is 3.02. The highest BCUT2D eigenvalue weighted by molar-refractivity contribution is 5.82. The van der Waals surface area contributed by atoms with E-state index in [4.69, 9.17) is 4.74 Å². The molecule has 0 radical (unpaired) electrons. The Bertz CT molecular complexity index is 804. The summed E-state index contributed by atoms with van der Waals surface area (Å²) in [7, 11) is 0. The van der Waals surface area contributed by atoms with Crippen LogP contribution in [0.25, 0.3) is 0 Å². The van der Waals surface area contributed by atoms with Gasteiger partial charge >= 0.3 is 11.9 Å². The molecule has 0 unspecified atom stereocenters. The molecule has 2 aliphatic rings. The van der Waals surface area contributed by atoms with Gasteiger partial charge in [-0.05, 0) is 22.6 Å². The van der Waals surface area contributed by atoms with Crippen molar-refractivity contribution >= 4 is 11.9 Å². The fraction of sp³-hybridized carbons (Fsp3) is 0.364. The highest BCUT2D eigenvalue weighted by Crippen LogP contribution is 2.53. The average molecular weight is 350 g/mol. The molecular weight excluding hydrogens is 328 g/mol. The van der Waals surface area contributed by atoms with E-state index in [1.807, 2.05) is 49.4 Å². The number of aliphatic carboxylic acids is 1.